The maximum absolute atomic E-state index is 13.3. The Labute approximate surface area is 209 Å². The Bertz CT molecular complexity index is 1150. The molecule has 0 aliphatic carbocycles. The summed E-state index contributed by atoms with van der Waals surface area (Å²) in [5.74, 6) is -1.61. The molecule has 1 saturated heterocycles. The van der Waals surface area contributed by atoms with Gasteiger partial charge in [0.15, 0.2) is 11.6 Å². The first-order chi connectivity index (χ1) is 16.6. The number of likely N-dealkylation sites (N-methyl/N-ethyl adjacent to an activating group) is 1. The minimum absolute atomic E-state index is 0.0961. The number of phenols is 1. The van der Waals surface area contributed by atoms with Crippen molar-refractivity contribution < 1.29 is 33.7 Å². The molecule has 188 valence electrons. The van der Waals surface area contributed by atoms with E-state index in [0.29, 0.717) is 29.3 Å². The largest absolute Gasteiger partial charge is 0.507 e. The van der Waals surface area contributed by atoms with Gasteiger partial charge in [0.1, 0.15) is 29.4 Å². The molecule has 0 amide bonds. The fraction of sp³-hybridized carbons (Fsp3) is 0.423. The number of aryl methyl sites for hydroxylation is 1. The number of carbonyl (C=O) groups excluding carboxylic acids is 3. The number of nitrogens with zero attached hydrogens (tertiary/aromatic N) is 1. The Morgan fingerprint density at radius 3 is 2.46 bits per heavy atom. The SMILES string of the molecule is COc1cc(OC)c(C2CCN(C)C2COC(C)=O)c(O)c1C(=O)CC(=O)c1cccc(C)c1Cl. The van der Waals surface area contributed by atoms with E-state index in [9.17, 15) is 19.5 Å². The fourth-order valence-corrected chi connectivity index (χ4v) is 4.81. The summed E-state index contributed by atoms with van der Waals surface area (Å²) >= 11 is 6.28. The van der Waals surface area contributed by atoms with Crippen molar-refractivity contribution in [2.45, 2.75) is 38.6 Å². The number of carbonyl (C=O) groups is 3. The van der Waals surface area contributed by atoms with Gasteiger partial charge >= 0.3 is 5.97 Å². The van der Waals surface area contributed by atoms with E-state index < -0.39 is 24.0 Å². The summed E-state index contributed by atoms with van der Waals surface area (Å²) in [5.41, 5.74) is 1.28. The number of ether oxygens (including phenoxy) is 3. The number of likely N-dealkylation sites (tertiary alicyclic amines) is 1. The summed E-state index contributed by atoms with van der Waals surface area (Å²) in [7, 11) is 4.73. The van der Waals surface area contributed by atoms with Crippen LogP contribution in [0.5, 0.6) is 17.2 Å². The van der Waals surface area contributed by atoms with Gasteiger partial charge in [-0.15, -0.1) is 0 Å². The van der Waals surface area contributed by atoms with E-state index >= 15 is 0 Å². The lowest BCUT2D eigenvalue weighted by atomic mass is 9.87. The van der Waals surface area contributed by atoms with Crippen LogP contribution in [0.25, 0.3) is 0 Å². The van der Waals surface area contributed by atoms with Crippen LogP contribution in [0.4, 0.5) is 0 Å². The molecule has 1 heterocycles. The number of halogens is 1. The highest BCUT2D eigenvalue weighted by atomic mass is 35.5. The Balaban J connectivity index is 2.03. The van der Waals surface area contributed by atoms with Gasteiger partial charge in [-0.3, -0.25) is 19.3 Å². The Morgan fingerprint density at radius 2 is 1.83 bits per heavy atom. The van der Waals surface area contributed by atoms with Gasteiger partial charge in [-0.05, 0) is 38.6 Å². The smallest absolute Gasteiger partial charge is 0.302 e. The number of hydrogen-bond donors (Lipinski definition) is 1. The normalized spacial score (nSPS) is 17.8. The first kappa shape index (κ1) is 26.5. The molecule has 1 aliphatic heterocycles. The van der Waals surface area contributed by atoms with E-state index in [4.69, 9.17) is 25.8 Å². The fourth-order valence-electron chi connectivity index (χ4n) is 4.58. The molecule has 0 spiro atoms. The minimum atomic E-state index is -0.603. The van der Waals surface area contributed by atoms with E-state index in [2.05, 4.69) is 0 Å². The van der Waals surface area contributed by atoms with Gasteiger partial charge in [0.2, 0.25) is 0 Å². The van der Waals surface area contributed by atoms with Crippen LogP contribution in [0.1, 0.15) is 57.5 Å². The highest BCUT2D eigenvalue weighted by Gasteiger charge is 2.39. The molecule has 2 unspecified atom stereocenters. The first-order valence-electron chi connectivity index (χ1n) is 11.2. The second kappa shape index (κ2) is 11.1. The molecule has 2 atom stereocenters. The highest BCUT2D eigenvalue weighted by molar-refractivity contribution is 6.35. The van der Waals surface area contributed by atoms with Crippen molar-refractivity contribution in [3.05, 3.63) is 51.5 Å². The number of ketones is 2. The second-order valence-corrected chi connectivity index (χ2v) is 9.00. The number of methoxy groups -OCH3 is 2. The first-order valence-corrected chi connectivity index (χ1v) is 11.6. The quantitative estimate of drug-likeness (QED) is 0.309. The number of rotatable bonds is 9. The third-order valence-corrected chi connectivity index (χ3v) is 6.95. The summed E-state index contributed by atoms with van der Waals surface area (Å²) in [5, 5.41) is 11.7. The van der Waals surface area contributed by atoms with Gasteiger partial charge in [-0.2, -0.15) is 0 Å². The number of benzene rings is 2. The molecule has 0 aromatic heterocycles. The summed E-state index contributed by atoms with van der Waals surface area (Å²) < 4.78 is 16.2. The van der Waals surface area contributed by atoms with Crippen LogP contribution in [0.15, 0.2) is 24.3 Å². The molecule has 0 radical (unpaired) electrons. The molecule has 35 heavy (non-hydrogen) atoms. The second-order valence-electron chi connectivity index (χ2n) is 8.62. The summed E-state index contributed by atoms with van der Waals surface area (Å²) in [4.78, 5) is 39.7. The van der Waals surface area contributed by atoms with Crippen LogP contribution >= 0.6 is 11.6 Å². The van der Waals surface area contributed by atoms with Crippen molar-refractivity contribution >= 4 is 29.1 Å². The molecule has 8 nitrogen and oxygen atoms in total. The lowest BCUT2D eigenvalue weighted by Gasteiger charge is -2.27. The van der Waals surface area contributed by atoms with Crippen molar-refractivity contribution in [1.82, 2.24) is 4.90 Å². The van der Waals surface area contributed by atoms with E-state index in [1.165, 1.54) is 27.2 Å². The Morgan fingerprint density at radius 1 is 1.14 bits per heavy atom. The van der Waals surface area contributed by atoms with Gasteiger partial charge in [-0.25, -0.2) is 0 Å². The van der Waals surface area contributed by atoms with E-state index in [1.807, 2.05) is 11.9 Å². The van der Waals surface area contributed by atoms with Crippen molar-refractivity contribution in [1.29, 1.82) is 0 Å². The van der Waals surface area contributed by atoms with Crippen LogP contribution in [0, 0.1) is 6.92 Å². The Kier molecular flexibility index (Phi) is 8.40. The summed E-state index contributed by atoms with van der Waals surface area (Å²) in [6.45, 7) is 3.93. The van der Waals surface area contributed by atoms with Crippen LogP contribution in [0.2, 0.25) is 5.02 Å². The van der Waals surface area contributed by atoms with Crippen molar-refractivity contribution in [3.8, 4) is 17.2 Å². The summed E-state index contributed by atoms with van der Waals surface area (Å²) in [6, 6.07) is 6.34. The number of phenolic OH excluding ortho intramolecular Hbond substituents is 1. The number of aromatic hydroxyl groups is 1. The van der Waals surface area contributed by atoms with Crippen LogP contribution in [0.3, 0.4) is 0 Å². The maximum Gasteiger partial charge on any atom is 0.302 e. The zero-order valence-corrected chi connectivity index (χ0v) is 21.3. The van der Waals surface area contributed by atoms with Gasteiger partial charge in [0.05, 0.1) is 31.7 Å². The molecule has 2 aromatic carbocycles. The van der Waals surface area contributed by atoms with Crippen LogP contribution in [-0.4, -0.2) is 68.0 Å². The molecule has 1 N–H and O–H groups in total. The molecular formula is C26H30ClNO7. The average Bonchev–Trinajstić information content (AvgIpc) is 3.17. The molecule has 1 aliphatic rings. The monoisotopic (exact) mass is 503 g/mol. The van der Waals surface area contributed by atoms with Gasteiger partial charge in [-0.1, -0.05) is 23.7 Å². The van der Waals surface area contributed by atoms with Crippen molar-refractivity contribution in [3.63, 3.8) is 0 Å². The zero-order chi connectivity index (χ0) is 25.9. The zero-order valence-electron chi connectivity index (χ0n) is 20.5. The Hall–Kier alpha value is -3.10. The van der Waals surface area contributed by atoms with E-state index in [0.717, 1.165) is 5.56 Å². The molecule has 0 bridgehead atoms. The maximum atomic E-state index is 13.3. The molecule has 2 aromatic rings. The summed E-state index contributed by atoms with van der Waals surface area (Å²) in [6.07, 6.45) is 0.143. The predicted molar refractivity (Wildman–Crippen MR) is 131 cm³/mol. The van der Waals surface area contributed by atoms with Gasteiger partial charge < -0.3 is 19.3 Å². The number of esters is 1. The minimum Gasteiger partial charge on any atom is -0.507 e. The number of Topliss-reactive ketones (excluding diaryl/α,β-unsaturated/α-hetero) is 2. The van der Waals surface area contributed by atoms with Gasteiger partial charge in [0.25, 0.3) is 0 Å². The van der Waals surface area contributed by atoms with E-state index in [-0.39, 0.29) is 41.2 Å². The van der Waals surface area contributed by atoms with Crippen LogP contribution in [-0.2, 0) is 9.53 Å². The molecule has 3 rings (SSSR count). The third-order valence-electron chi connectivity index (χ3n) is 6.45. The molecule has 9 heteroatoms. The lowest BCUT2D eigenvalue weighted by molar-refractivity contribution is -0.142. The standard InChI is InChI=1S/C26H30ClNO7/c1-14-7-6-8-17(25(14)27)19(30)11-20(31)24-22(34-5)12-21(33-4)23(26(24)32)16-9-10-28(3)18(16)13-35-15(2)29/h6-8,12,16,18,32H,9-11,13H2,1-5H3. The number of hydrogen-bond acceptors (Lipinski definition) is 8. The molecular weight excluding hydrogens is 474 g/mol. The topological polar surface area (TPSA) is 102 Å². The van der Waals surface area contributed by atoms with Crippen molar-refractivity contribution in [2.75, 3.05) is 34.4 Å². The lowest BCUT2D eigenvalue weighted by Crippen LogP contribution is -2.34. The van der Waals surface area contributed by atoms with Gasteiger partial charge in [0, 0.05) is 30.0 Å². The van der Waals surface area contributed by atoms with E-state index in [1.54, 1.807) is 25.1 Å². The van der Waals surface area contributed by atoms with Crippen LogP contribution < -0.4 is 9.47 Å². The van der Waals surface area contributed by atoms with Crippen molar-refractivity contribution in [2.24, 2.45) is 0 Å². The molecule has 0 saturated carbocycles. The highest BCUT2D eigenvalue weighted by Crippen LogP contribution is 2.47. The average molecular weight is 504 g/mol. The molecule has 1 fully saturated rings. The third kappa shape index (κ3) is 5.44. The predicted octanol–water partition coefficient (Wildman–Crippen LogP) is 4.18.